The van der Waals surface area contributed by atoms with Crippen molar-refractivity contribution in [2.45, 2.75) is 25.9 Å². The van der Waals surface area contributed by atoms with Crippen LogP contribution in [-0.2, 0) is 13.0 Å². The predicted molar refractivity (Wildman–Crippen MR) is 84.2 cm³/mol. The van der Waals surface area contributed by atoms with Crippen molar-refractivity contribution < 1.29 is 9.53 Å². The van der Waals surface area contributed by atoms with E-state index in [9.17, 15) is 4.79 Å². The van der Waals surface area contributed by atoms with Crippen molar-refractivity contribution in [3.63, 3.8) is 0 Å². The molecule has 21 heavy (non-hydrogen) atoms. The lowest BCUT2D eigenvalue weighted by atomic mass is 10.1. The average molecular weight is 281 g/mol. The van der Waals surface area contributed by atoms with Crippen molar-refractivity contribution in [3.05, 3.63) is 59.2 Å². The lowest BCUT2D eigenvalue weighted by Crippen LogP contribution is -2.28. The number of carbonyl (C=O) groups is 1. The first-order valence-electron chi connectivity index (χ1n) is 7.19. The van der Waals surface area contributed by atoms with Crippen molar-refractivity contribution in [1.82, 2.24) is 0 Å². The highest BCUT2D eigenvalue weighted by molar-refractivity contribution is 5.77. The molecule has 0 bridgehead atoms. The molecule has 0 amide bonds. The summed E-state index contributed by atoms with van der Waals surface area (Å²) < 4.78 is 5.20. The van der Waals surface area contributed by atoms with E-state index in [1.54, 1.807) is 7.11 Å². The lowest BCUT2D eigenvalue weighted by Gasteiger charge is -2.25. The molecule has 0 spiro atoms. The zero-order valence-corrected chi connectivity index (χ0v) is 12.4. The first kappa shape index (κ1) is 13.7. The Morgan fingerprint density at radius 2 is 2.00 bits per heavy atom. The van der Waals surface area contributed by atoms with Gasteiger partial charge in [-0.15, -0.1) is 0 Å². The van der Waals surface area contributed by atoms with Crippen molar-refractivity contribution in [2.24, 2.45) is 0 Å². The third-order valence-electron chi connectivity index (χ3n) is 4.11. The third-order valence-corrected chi connectivity index (χ3v) is 4.11. The number of carbonyl (C=O) groups excluding carboxylic acids is 1. The molecule has 1 aliphatic rings. The molecule has 3 rings (SSSR count). The van der Waals surface area contributed by atoms with Crippen LogP contribution in [0, 0.1) is 0 Å². The van der Waals surface area contributed by atoms with Gasteiger partial charge in [0.15, 0.2) is 0 Å². The van der Waals surface area contributed by atoms with Crippen LogP contribution >= 0.6 is 0 Å². The number of nitrogens with zero attached hydrogens (tertiary/aromatic N) is 1. The molecule has 0 saturated heterocycles. The SMILES string of the molecule is COc1ccc(CN2c3ccc(C=O)cc3CC2C)cc1. The van der Waals surface area contributed by atoms with Crippen LogP contribution in [0.1, 0.15) is 28.4 Å². The molecule has 1 unspecified atom stereocenters. The molecule has 2 aromatic carbocycles. The van der Waals surface area contributed by atoms with Gasteiger partial charge in [0.25, 0.3) is 0 Å². The number of aldehydes is 1. The van der Waals surface area contributed by atoms with Crippen molar-refractivity contribution >= 4 is 12.0 Å². The molecule has 1 heterocycles. The van der Waals surface area contributed by atoms with E-state index >= 15 is 0 Å². The number of anilines is 1. The van der Waals surface area contributed by atoms with E-state index in [0.717, 1.165) is 30.6 Å². The molecule has 1 aliphatic heterocycles. The Hall–Kier alpha value is -2.29. The first-order chi connectivity index (χ1) is 10.2. The molecule has 3 nitrogen and oxygen atoms in total. The largest absolute Gasteiger partial charge is 0.497 e. The quantitative estimate of drug-likeness (QED) is 0.804. The number of hydrogen-bond donors (Lipinski definition) is 0. The summed E-state index contributed by atoms with van der Waals surface area (Å²) in [6, 6.07) is 14.6. The van der Waals surface area contributed by atoms with Crippen LogP contribution in [0.4, 0.5) is 5.69 Å². The topological polar surface area (TPSA) is 29.5 Å². The second-order valence-corrected chi connectivity index (χ2v) is 5.54. The van der Waals surface area contributed by atoms with Gasteiger partial charge in [0.05, 0.1) is 7.11 Å². The summed E-state index contributed by atoms with van der Waals surface area (Å²) >= 11 is 0. The van der Waals surface area contributed by atoms with Gasteiger partial charge < -0.3 is 9.64 Å². The number of ether oxygens (including phenoxy) is 1. The van der Waals surface area contributed by atoms with E-state index in [-0.39, 0.29) is 0 Å². The van der Waals surface area contributed by atoms with Gasteiger partial charge in [-0.25, -0.2) is 0 Å². The van der Waals surface area contributed by atoms with Crippen LogP contribution in [0.2, 0.25) is 0 Å². The van der Waals surface area contributed by atoms with Gasteiger partial charge in [0.2, 0.25) is 0 Å². The minimum absolute atomic E-state index is 0.448. The van der Waals surface area contributed by atoms with Gasteiger partial charge in [0, 0.05) is 23.8 Å². The molecular formula is C18H19NO2. The van der Waals surface area contributed by atoms with Crippen LogP contribution in [0.5, 0.6) is 5.75 Å². The Kier molecular flexibility index (Phi) is 3.65. The van der Waals surface area contributed by atoms with E-state index in [2.05, 4.69) is 30.0 Å². The summed E-state index contributed by atoms with van der Waals surface area (Å²) in [5.41, 5.74) is 4.52. The monoisotopic (exact) mass is 281 g/mol. The van der Waals surface area contributed by atoms with Crippen LogP contribution in [-0.4, -0.2) is 19.4 Å². The van der Waals surface area contributed by atoms with E-state index in [0.29, 0.717) is 6.04 Å². The fourth-order valence-electron chi connectivity index (χ4n) is 2.96. The molecule has 0 radical (unpaired) electrons. The molecule has 0 aliphatic carbocycles. The molecule has 0 fully saturated rings. The fourth-order valence-corrected chi connectivity index (χ4v) is 2.96. The number of benzene rings is 2. The lowest BCUT2D eigenvalue weighted by molar-refractivity contribution is 0.112. The number of rotatable bonds is 4. The van der Waals surface area contributed by atoms with Crippen LogP contribution in [0.25, 0.3) is 0 Å². The summed E-state index contributed by atoms with van der Waals surface area (Å²) in [4.78, 5) is 13.3. The van der Waals surface area contributed by atoms with Crippen molar-refractivity contribution in [3.8, 4) is 5.75 Å². The smallest absolute Gasteiger partial charge is 0.150 e. The summed E-state index contributed by atoms with van der Waals surface area (Å²) in [6.07, 6.45) is 1.91. The zero-order valence-electron chi connectivity index (χ0n) is 12.4. The molecule has 0 N–H and O–H groups in total. The van der Waals surface area contributed by atoms with E-state index in [4.69, 9.17) is 4.74 Å². The molecular weight excluding hydrogens is 262 g/mol. The van der Waals surface area contributed by atoms with Crippen LogP contribution in [0.15, 0.2) is 42.5 Å². The van der Waals surface area contributed by atoms with Gasteiger partial charge in [0.1, 0.15) is 12.0 Å². The second kappa shape index (κ2) is 5.60. The molecule has 3 heteroatoms. The molecule has 1 atom stereocenters. The Morgan fingerprint density at radius 3 is 2.67 bits per heavy atom. The van der Waals surface area contributed by atoms with Crippen molar-refractivity contribution in [2.75, 3.05) is 12.0 Å². The highest BCUT2D eigenvalue weighted by Crippen LogP contribution is 2.34. The maximum Gasteiger partial charge on any atom is 0.150 e. The van der Waals surface area contributed by atoms with E-state index in [1.165, 1.54) is 16.8 Å². The minimum Gasteiger partial charge on any atom is -0.497 e. The normalized spacial score (nSPS) is 16.7. The number of fused-ring (bicyclic) bond motifs is 1. The third kappa shape index (κ3) is 2.64. The average Bonchev–Trinajstić information content (AvgIpc) is 2.83. The Morgan fingerprint density at radius 1 is 1.24 bits per heavy atom. The number of methoxy groups -OCH3 is 1. The number of hydrogen-bond acceptors (Lipinski definition) is 3. The summed E-state index contributed by atoms with van der Waals surface area (Å²) in [6.45, 7) is 3.10. The molecule has 0 aromatic heterocycles. The standard InChI is InChI=1S/C18H19NO2/c1-13-9-16-10-15(12-20)5-8-18(16)19(13)11-14-3-6-17(21-2)7-4-14/h3-8,10,12-13H,9,11H2,1-2H3. The minimum atomic E-state index is 0.448. The van der Waals surface area contributed by atoms with E-state index in [1.807, 2.05) is 24.3 Å². The predicted octanol–water partition coefficient (Wildman–Crippen LogP) is 3.46. The van der Waals surface area contributed by atoms with Crippen LogP contribution in [0.3, 0.4) is 0 Å². The Bertz CT molecular complexity index is 649. The molecule has 0 saturated carbocycles. The summed E-state index contributed by atoms with van der Waals surface area (Å²) in [5.74, 6) is 0.879. The Balaban J connectivity index is 1.84. The summed E-state index contributed by atoms with van der Waals surface area (Å²) in [7, 11) is 1.68. The van der Waals surface area contributed by atoms with Gasteiger partial charge in [-0.3, -0.25) is 4.79 Å². The Labute approximate surface area is 125 Å². The molecule has 2 aromatic rings. The van der Waals surface area contributed by atoms with Gasteiger partial charge in [-0.05, 0) is 54.8 Å². The molecule has 108 valence electrons. The first-order valence-corrected chi connectivity index (χ1v) is 7.19. The van der Waals surface area contributed by atoms with Gasteiger partial charge >= 0.3 is 0 Å². The van der Waals surface area contributed by atoms with E-state index < -0.39 is 0 Å². The highest BCUT2D eigenvalue weighted by atomic mass is 16.5. The maximum absolute atomic E-state index is 10.9. The zero-order chi connectivity index (χ0) is 14.8. The van der Waals surface area contributed by atoms with Gasteiger partial charge in [-0.2, -0.15) is 0 Å². The second-order valence-electron chi connectivity index (χ2n) is 5.54. The maximum atomic E-state index is 10.9. The summed E-state index contributed by atoms with van der Waals surface area (Å²) in [5, 5.41) is 0. The van der Waals surface area contributed by atoms with Crippen LogP contribution < -0.4 is 9.64 Å². The van der Waals surface area contributed by atoms with Gasteiger partial charge in [-0.1, -0.05) is 12.1 Å². The van der Waals surface area contributed by atoms with Crippen molar-refractivity contribution in [1.29, 1.82) is 0 Å². The highest BCUT2D eigenvalue weighted by Gasteiger charge is 2.25. The fraction of sp³-hybridized carbons (Fsp3) is 0.278.